The highest BCUT2D eigenvalue weighted by atomic mass is 15.3. The van der Waals surface area contributed by atoms with Gasteiger partial charge in [-0.25, -0.2) is 0 Å². The highest BCUT2D eigenvalue weighted by Crippen LogP contribution is 2.43. The van der Waals surface area contributed by atoms with Crippen LogP contribution in [0.1, 0.15) is 38.4 Å². The molecular formula is C15H19N3. The smallest absolute Gasteiger partial charge is 0.0829 e. The van der Waals surface area contributed by atoms with Gasteiger partial charge in [0.1, 0.15) is 0 Å². The Bertz CT molecular complexity index is 550. The highest BCUT2D eigenvalue weighted by Gasteiger charge is 2.42. The van der Waals surface area contributed by atoms with Crippen LogP contribution in [0.3, 0.4) is 0 Å². The van der Waals surface area contributed by atoms with Crippen molar-refractivity contribution in [2.75, 3.05) is 0 Å². The van der Waals surface area contributed by atoms with Crippen molar-refractivity contribution < 1.29 is 0 Å². The van der Waals surface area contributed by atoms with Crippen LogP contribution in [0.25, 0.3) is 11.3 Å². The lowest BCUT2D eigenvalue weighted by Gasteiger charge is -2.10. The van der Waals surface area contributed by atoms with Crippen LogP contribution >= 0.6 is 0 Å². The quantitative estimate of drug-likeness (QED) is 0.897. The van der Waals surface area contributed by atoms with Gasteiger partial charge in [0.2, 0.25) is 0 Å². The molecule has 1 saturated carbocycles. The Morgan fingerprint density at radius 3 is 2.44 bits per heavy atom. The molecule has 18 heavy (non-hydrogen) atoms. The van der Waals surface area contributed by atoms with E-state index in [-0.39, 0.29) is 5.54 Å². The molecule has 0 radical (unpaired) electrons. The Kier molecular flexibility index (Phi) is 2.52. The van der Waals surface area contributed by atoms with E-state index in [1.165, 1.54) is 5.56 Å². The van der Waals surface area contributed by atoms with Gasteiger partial charge in [-0.2, -0.15) is 5.10 Å². The molecule has 3 rings (SSSR count). The summed E-state index contributed by atoms with van der Waals surface area (Å²) in [7, 11) is 0. The van der Waals surface area contributed by atoms with Crippen LogP contribution in [-0.2, 0) is 5.54 Å². The average Bonchev–Trinajstić information content (AvgIpc) is 2.96. The van der Waals surface area contributed by atoms with Gasteiger partial charge in [0.15, 0.2) is 0 Å². The summed E-state index contributed by atoms with van der Waals surface area (Å²) in [6, 6.07) is 12.9. The summed E-state index contributed by atoms with van der Waals surface area (Å²) < 4.78 is 2.08. The predicted octanol–water partition coefficient (Wildman–Crippen LogP) is 3.08. The third-order valence-electron chi connectivity index (χ3n) is 3.59. The summed E-state index contributed by atoms with van der Waals surface area (Å²) in [4.78, 5) is 0. The number of aromatic nitrogens is 2. The maximum atomic E-state index is 6.25. The van der Waals surface area contributed by atoms with Crippen LogP contribution in [0, 0.1) is 0 Å². The van der Waals surface area contributed by atoms with Crippen molar-refractivity contribution in [3.63, 3.8) is 0 Å². The lowest BCUT2D eigenvalue weighted by Crippen LogP contribution is -2.20. The summed E-state index contributed by atoms with van der Waals surface area (Å²) in [6.07, 6.45) is 2.10. The van der Waals surface area contributed by atoms with Crippen molar-refractivity contribution in [2.24, 2.45) is 5.73 Å². The monoisotopic (exact) mass is 241 g/mol. The third kappa shape index (κ3) is 1.85. The second-order valence-electron chi connectivity index (χ2n) is 5.48. The van der Waals surface area contributed by atoms with Crippen LogP contribution in [0.5, 0.6) is 0 Å². The molecule has 0 bridgehead atoms. The summed E-state index contributed by atoms with van der Waals surface area (Å²) in [5.41, 5.74) is 9.49. The lowest BCUT2D eigenvalue weighted by molar-refractivity contribution is 0.521. The van der Waals surface area contributed by atoms with Gasteiger partial charge in [-0.05, 0) is 38.3 Å². The first-order valence-electron chi connectivity index (χ1n) is 6.54. The van der Waals surface area contributed by atoms with Gasteiger partial charge in [-0.1, -0.05) is 30.3 Å². The molecule has 1 aromatic heterocycles. The van der Waals surface area contributed by atoms with Crippen molar-refractivity contribution in [2.45, 2.75) is 38.3 Å². The lowest BCUT2D eigenvalue weighted by atomic mass is 10.1. The SMILES string of the molecule is CC(C)n1nc(C2(N)CC2)cc1-c1ccccc1. The van der Waals surface area contributed by atoms with E-state index in [1.807, 2.05) is 6.07 Å². The van der Waals surface area contributed by atoms with Crippen molar-refractivity contribution in [3.05, 3.63) is 42.1 Å². The van der Waals surface area contributed by atoms with Crippen molar-refractivity contribution in [1.29, 1.82) is 0 Å². The molecular weight excluding hydrogens is 222 g/mol. The summed E-state index contributed by atoms with van der Waals surface area (Å²) in [6.45, 7) is 4.30. The number of hydrogen-bond acceptors (Lipinski definition) is 2. The van der Waals surface area contributed by atoms with Crippen LogP contribution < -0.4 is 5.73 Å². The molecule has 3 heteroatoms. The van der Waals surface area contributed by atoms with E-state index in [4.69, 9.17) is 10.8 Å². The van der Waals surface area contributed by atoms with Crippen molar-refractivity contribution in [1.82, 2.24) is 9.78 Å². The first kappa shape index (κ1) is 11.5. The Balaban J connectivity index is 2.10. The molecule has 1 aliphatic carbocycles. The fourth-order valence-electron chi connectivity index (χ4n) is 2.25. The van der Waals surface area contributed by atoms with Crippen LogP contribution in [-0.4, -0.2) is 9.78 Å². The van der Waals surface area contributed by atoms with Gasteiger partial charge in [0.25, 0.3) is 0 Å². The van der Waals surface area contributed by atoms with Crippen LogP contribution in [0.15, 0.2) is 36.4 Å². The van der Waals surface area contributed by atoms with E-state index >= 15 is 0 Å². The molecule has 0 spiro atoms. The second kappa shape index (κ2) is 3.95. The zero-order valence-corrected chi connectivity index (χ0v) is 10.9. The summed E-state index contributed by atoms with van der Waals surface area (Å²) >= 11 is 0. The molecule has 0 amide bonds. The first-order chi connectivity index (χ1) is 8.60. The summed E-state index contributed by atoms with van der Waals surface area (Å²) in [5.74, 6) is 0. The molecule has 0 saturated heterocycles. The number of nitrogens with zero attached hydrogens (tertiary/aromatic N) is 2. The van der Waals surface area contributed by atoms with Gasteiger partial charge in [0, 0.05) is 6.04 Å². The zero-order chi connectivity index (χ0) is 12.8. The van der Waals surface area contributed by atoms with Crippen molar-refractivity contribution in [3.8, 4) is 11.3 Å². The van der Waals surface area contributed by atoms with E-state index in [1.54, 1.807) is 0 Å². The highest BCUT2D eigenvalue weighted by molar-refractivity contribution is 5.60. The molecule has 2 aromatic rings. The Morgan fingerprint density at radius 1 is 1.22 bits per heavy atom. The minimum atomic E-state index is -0.163. The van der Waals surface area contributed by atoms with E-state index in [2.05, 4.69) is 48.9 Å². The molecule has 0 atom stereocenters. The molecule has 1 aliphatic rings. The van der Waals surface area contributed by atoms with Gasteiger partial charge >= 0.3 is 0 Å². The van der Waals surface area contributed by atoms with Gasteiger partial charge < -0.3 is 5.73 Å². The van der Waals surface area contributed by atoms with Gasteiger partial charge in [-0.15, -0.1) is 0 Å². The fourth-order valence-corrected chi connectivity index (χ4v) is 2.25. The first-order valence-corrected chi connectivity index (χ1v) is 6.54. The number of hydrogen-bond donors (Lipinski definition) is 1. The normalized spacial score (nSPS) is 17.1. The molecule has 3 nitrogen and oxygen atoms in total. The molecule has 0 aliphatic heterocycles. The number of benzene rings is 1. The molecule has 1 aromatic carbocycles. The van der Waals surface area contributed by atoms with Gasteiger partial charge in [0.05, 0.1) is 16.9 Å². The third-order valence-corrected chi connectivity index (χ3v) is 3.59. The molecule has 2 N–H and O–H groups in total. The van der Waals surface area contributed by atoms with E-state index < -0.39 is 0 Å². The van der Waals surface area contributed by atoms with Gasteiger partial charge in [-0.3, -0.25) is 4.68 Å². The maximum Gasteiger partial charge on any atom is 0.0829 e. The summed E-state index contributed by atoms with van der Waals surface area (Å²) in [5, 5.41) is 4.71. The van der Waals surface area contributed by atoms with Crippen LogP contribution in [0.4, 0.5) is 0 Å². The second-order valence-corrected chi connectivity index (χ2v) is 5.48. The van der Waals surface area contributed by atoms with E-state index in [0.29, 0.717) is 6.04 Å². The zero-order valence-electron chi connectivity index (χ0n) is 10.9. The predicted molar refractivity (Wildman–Crippen MR) is 73.1 cm³/mol. The fraction of sp³-hybridized carbons (Fsp3) is 0.400. The molecule has 94 valence electrons. The number of rotatable bonds is 3. The Labute approximate surface area is 108 Å². The van der Waals surface area contributed by atoms with Crippen molar-refractivity contribution >= 4 is 0 Å². The Morgan fingerprint density at radius 2 is 1.89 bits per heavy atom. The largest absolute Gasteiger partial charge is 0.320 e. The van der Waals surface area contributed by atoms with Crippen LogP contribution in [0.2, 0.25) is 0 Å². The average molecular weight is 241 g/mol. The molecule has 1 fully saturated rings. The van der Waals surface area contributed by atoms with E-state index in [0.717, 1.165) is 24.2 Å². The minimum absolute atomic E-state index is 0.163. The number of nitrogens with two attached hydrogens (primary N) is 1. The minimum Gasteiger partial charge on any atom is -0.320 e. The maximum absolute atomic E-state index is 6.25. The molecule has 1 heterocycles. The topological polar surface area (TPSA) is 43.8 Å². The Hall–Kier alpha value is -1.61. The molecule has 0 unspecified atom stereocenters. The standard InChI is InChI=1S/C15H19N3/c1-11(2)18-13(12-6-4-3-5-7-12)10-14(17-18)15(16)8-9-15/h3-7,10-11H,8-9,16H2,1-2H3. The van der Waals surface area contributed by atoms with E-state index in [9.17, 15) is 0 Å².